The molecule has 1 amide bonds. The number of hydrogen-bond donors (Lipinski definition) is 1. The Morgan fingerprint density at radius 2 is 1.77 bits per heavy atom. The van der Waals surface area contributed by atoms with Crippen molar-refractivity contribution in [2.75, 3.05) is 53.7 Å². The van der Waals surface area contributed by atoms with E-state index in [0.29, 0.717) is 50.0 Å². The Morgan fingerprint density at radius 3 is 2.53 bits per heavy atom. The van der Waals surface area contributed by atoms with Gasteiger partial charge in [-0.15, -0.1) is 0 Å². The third-order valence-corrected chi connectivity index (χ3v) is 7.64. The molecule has 0 radical (unpaired) electrons. The molecule has 1 aliphatic heterocycles. The molecule has 0 spiro atoms. The number of methoxy groups -OCH3 is 2. The molecule has 8 nitrogen and oxygen atoms in total. The second-order valence-electron chi connectivity index (χ2n) is 11.0. The number of benzene rings is 3. The molecule has 1 aliphatic rings. The molecule has 8 heteroatoms. The summed E-state index contributed by atoms with van der Waals surface area (Å²) in [5, 5.41) is 3.47. The zero-order chi connectivity index (χ0) is 30.6. The minimum Gasteiger partial charge on any atom is -0.493 e. The van der Waals surface area contributed by atoms with Crippen LogP contribution in [0.1, 0.15) is 43.1 Å². The second kappa shape index (κ2) is 16.3. The number of para-hydroxylation sites is 1. The molecule has 0 aliphatic carbocycles. The summed E-state index contributed by atoms with van der Waals surface area (Å²) in [6.07, 6.45) is 0.737. The Morgan fingerprint density at radius 1 is 0.930 bits per heavy atom. The normalized spacial score (nSPS) is 16.3. The maximum atomic E-state index is 13.8. The van der Waals surface area contributed by atoms with Gasteiger partial charge in [0, 0.05) is 62.9 Å². The van der Waals surface area contributed by atoms with Crippen molar-refractivity contribution in [1.29, 1.82) is 0 Å². The van der Waals surface area contributed by atoms with Crippen LogP contribution in [-0.4, -0.2) is 76.6 Å². The first-order valence-electron chi connectivity index (χ1n) is 15.2. The zero-order valence-electron chi connectivity index (χ0n) is 26.1. The Hall–Kier alpha value is -3.59. The lowest BCUT2D eigenvalue weighted by Gasteiger charge is -2.31. The van der Waals surface area contributed by atoms with E-state index in [1.165, 1.54) is 0 Å². The molecule has 2 atom stereocenters. The van der Waals surface area contributed by atoms with Crippen molar-refractivity contribution in [3.8, 4) is 28.4 Å². The lowest BCUT2D eigenvalue weighted by molar-refractivity contribution is 0.0129. The highest BCUT2D eigenvalue weighted by molar-refractivity contribution is 5.95. The van der Waals surface area contributed by atoms with Gasteiger partial charge in [-0.25, -0.2) is 0 Å². The third-order valence-electron chi connectivity index (χ3n) is 7.64. The fourth-order valence-electron chi connectivity index (χ4n) is 5.36. The maximum Gasteiger partial charge on any atom is 0.254 e. The van der Waals surface area contributed by atoms with Gasteiger partial charge in [0.1, 0.15) is 5.75 Å². The van der Waals surface area contributed by atoms with Crippen molar-refractivity contribution in [3.63, 3.8) is 0 Å². The van der Waals surface area contributed by atoms with Crippen LogP contribution in [0.3, 0.4) is 0 Å². The molecule has 3 aromatic carbocycles. The molecule has 3 aromatic rings. The quantitative estimate of drug-likeness (QED) is 0.210. The highest BCUT2D eigenvalue weighted by Gasteiger charge is 2.32. The van der Waals surface area contributed by atoms with Gasteiger partial charge in [-0.3, -0.25) is 4.79 Å². The van der Waals surface area contributed by atoms with Crippen molar-refractivity contribution in [3.05, 3.63) is 77.9 Å². The molecule has 43 heavy (non-hydrogen) atoms. The predicted octanol–water partition coefficient (Wildman–Crippen LogP) is 5.83. The fourth-order valence-corrected chi connectivity index (χ4v) is 5.36. The van der Waals surface area contributed by atoms with Gasteiger partial charge < -0.3 is 33.9 Å². The van der Waals surface area contributed by atoms with E-state index < -0.39 is 0 Å². The van der Waals surface area contributed by atoms with Gasteiger partial charge >= 0.3 is 0 Å². The van der Waals surface area contributed by atoms with Gasteiger partial charge in [0.2, 0.25) is 0 Å². The average Bonchev–Trinajstić information content (AvgIpc) is 3.48. The van der Waals surface area contributed by atoms with Gasteiger partial charge in [-0.1, -0.05) is 36.4 Å². The number of amides is 1. The lowest BCUT2D eigenvalue weighted by atomic mass is 10.0. The van der Waals surface area contributed by atoms with E-state index in [-0.39, 0.29) is 24.0 Å². The number of nitrogens with zero attached hydrogens (tertiary/aromatic N) is 1. The van der Waals surface area contributed by atoms with Crippen LogP contribution in [0.5, 0.6) is 17.2 Å². The fraction of sp³-hybridized carbons (Fsp3) is 0.457. The number of carbonyl (C=O) groups excluding carboxylic acids is 1. The summed E-state index contributed by atoms with van der Waals surface area (Å²) in [5.41, 5.74) is 3.84. The van der Waals surface area contributed by atoms with Gasteiger partial charge in [0.15, 0.2) is 11.5 Å². The number of hydrogen-bond acceptors (Lipinski definition) is 7. The summed E-state index contributed by atoms with van der Waals surface area (Å²) in [4.78, 5) is 15.7. The van der Waals surface area contributed by atoms with E-state index in [2.05, 4.69) is 35.6 Å². The molecule has 1 N–H and O–H groups in total. The van der Waals surface area contributed by atoms with Gasteiger partial charge in [0.05, 0.1) is 33.0 Å². The Balaban J connectivity index is 1.42. The molecule has 0 bridgehead atoms. The first kappa shape index (κ1) is 32.3. The van der Waals surface area contributed by atoms with Crippen molar-refractivity contribution in [2.24, 2.45) is 5.92 Å². The largest absolute Gasteiger partial charge is 0.493 e. The van der Waals surface area contributed by atoms with E-state index >= 15 is 0 Å². The summed E-state index contributed by atoms with van der Waals surface area (Å²) in [6.45, 7) is 10.4. The van der Waals surface area contributed by atoms with Crippen molar-refractivity contribution >= 4 is 5.91 Å². The van der Waals surface area contributed by atoms with E-state index in [1.54, 1.807) is 32.4 Å². The highest BCUT2D eigenvalue weighted by atomic mass is 16.5. The van der Waals surface area contributed by atoms with E-state index in [4.69, 9.17) is 23.7 Å². The summed E-state index contributed by atoms with van der Waals surface area (Å²) >= 11 is 0. The Kier molecular flexibility index (Phi) is 12.3. The van der Waals surface area contributed by atoms with Crippen LogP contribution in [-0.2, 0) is 16.1 Å². The number of rotatable bonds is 16. The first-order chi connectivity index (χ1) is 20.9. The third kappa shape index (κ3) is 8.72. The average molecular weight is 591 g/mol. The minimum absolute atomic E-state index is 0.0102. The monoisotopic (exact) mass is 590 g/mol. The van der Waals surface area contributed by atoms with E-state index in [1.807, 2.05) is 43.9 Å². The molecule has 1 saturated heterocycles. The summed E-state index contributed by atoms with van der Waals surface area (Å²) in [6, 6.07) is 21.9. The maximum absolute atomic E-state index is 13.8. The Bertz CT molecular complexity index is 1310. The number of carbonyl (C=O) groups is 1. The predicted molar refractivity (Wildman–Crippen MR) is 169 cm³/mol. The summed E-state index contributed by atoms with van der Waals surface area (Å²) in [7, 11) is 3.26. The molecule has 232 valence electrons. The Labute approximate surface area is 256 Å². The molecule has 2 unspecified atom stereocenters. The van der Waals surface area contributed by atoms with Crippen molar-refractivity contribution in [2.45, 2.75) is 45.9 Å². The topological polar surface area (TPSA) is 78.5 Å². The van der Waals surface area contributed by atoms with Crippen LogP contribution in [0.4, 0.5) is 0 Å². The van der Waals surface area contributed by atoms with Gasteiger partial charge in [-0.2, -0.15) is 0 Å². The van der Waals surface area contributed by atoms with E-state index in [9.17, 15) is 4.79 Å². The second-order valence-corrected chi connectivity index (χ2v) is 11.0. The standard InChI is InChI=1S/C35H46N2O6/c1-6-41-31-14-8-7-13-30(31)27-12-9-11-26(19-27)24-43-34-22-36-21-29(34)23-37(25(2)3)35(38)28-15-16-32(40-5)33(20-28)42-18-10-17-39-4/h7-9,11-16,19-20,25,29,34,36H,6,10,17-18,21-24H2,1-5H3. The lowest BCUT2D eigenvalue weighted by Crippen LogP contribution is -2.43. The van der Waals surface area contributed by atoms with Gasteiger partial charge in [-0.05, 0) is 62.2 Å². The first-order valence-corrected chi connectivity index (χ1v) is 15.2. The molecular formula is C35H46N2O6. The van der Waals surface area contributed by atoms with Crippen LogP contribution < -0.4 is 19.5 Å². The van der Waals surface area contributed by atoms with Gasteiger partial charge in [0.25, 0.3) is 5.91 Å². The van der Waals surface area contributed by atoms with Crippen molar-refractivity contribution < 1.29 is 28.5 Å². The molecule has 1 fully saturated rings. The number of nitrogens with one attached hydrogen (secondary N) is 1. The van der Waals surface area contributed by atoms with Crippen LogP contribution in [0, 0.1) is 5.92 Å². The highest BCUT2D eigenvalue weighted by Crippen LogP contribution is 2.31. The van der Waals surface area contributed by atoms with Crippen LogP contribution >= 0.6 is 0 Å². The zero-order valence-corrected chi connectivity index (χ0v) is 26.1. The molecule has 4 rings (SSSR count). The smallest absolute Gasteiger partial charge is 0.254 e. The molecule has 0 aromatic heterocycles. The molecule has 0 saturated carbocycles. The SMILES string of the molecule is CCOc1ccccc1-c1cccc(COC2CNCC2CN(C(=O)c2ccc(OC)c(OCCCOC)c2)C(C)C)c1. The summed E-state index contributed by atoms with van der Waals surface area (Å²) < 4.78 is 28.8. The van der Waals surface area contributed by atoms with E-state index in [0.717, 1.165) is 42.0 Å². The molecule has 1 heterocycles. The molecular weight excluding hydrogens is 544 g/mol. The minimum atomic E-state index is -0.0364. The van der Waals surface area contributed by atoms with Crippen molar-refractivity contribution in [1.82, 2.24) is 10.2 Å². The number of ether oxygens (including phenoxy) is 5. The van der Waals surface area contributed by atoms with Crippen LogP contribution in [0.15, 0.2) is 66.7 Å². The summed E-state index contributed by atoms with van der Waals surface area (Å²) in [5.74, 6) is 2.16. The van der Waals surface area contributed by atoms with Crippen LogP contribution in [0.2, 0.25) is 0 Å². The van der Waals surface area contributed by atoms with Crippen LogP contribution in [0.25, 0.3) is 11.1 Å².